The van der Waals surface area contributed by atoms with Crippen LogP contribution >= 0.6 is 0 Å². The van der Waals surface area contributed by atoms with Gasteiger partial charge in [-0.1, -0.05) is 0 Å². The molecule has 0 radical (unpaired) electrons. The van der Waals surface area contributed by atoms with Crippen molar-refractivity contribution >= 4 is 11.6 Å². The predicted molar refractivity (Wildman–Crippen MR) is 54.5 cm³/mol. The van der Waals surface area contributed by atoms with Crippen molar-refractivity contribution in [2.75, 3.05) is 6.61 Å². The number of hydrogen-bond acceptors (Lipinski definition) is 4. The molecule has 82 valence electrons. The summed E-state index contributed by atoms with van der Waals surface area (Å²) in [5, 5.41) is 12.9. The number of esters is 1. The van der Waals surface area contributed by atoms with Crippen LogP contribution in [-0.2, 0) is 16.1 Å². The minimum absolute atomic E-state index is 0.0880. The van der Waals surface area contributed by atoms with Gasteiger partial charge in [-0.25, -0.2) is 4.52 Å². The van der Waals surface area contributed by atoms with Crippen molar-refractivity contribution in [1.29, 1.82) is 5.26 Å². The van der Waals surface area contributed by atoms with Crippen LogP contribution in [0.15, 0.2) is 18.6 Å². The molecule has 0 bridgehead atoms. The molecule has 2 aromatic heterocycles. The topological polar surface area (TPSA) is 72.3 Å². The van der Waals surface area contributed by atoms with Crippen molar-refractivity contribution in [2.45, 2.75) is 13.5 Å². The number of aromatic nitrogens is 3. The molecule has 0 aliphatic carbocycles. The molecule has 6 heteroatoms. The Morgan fingerprint density at radius 3 is 3.12 bits per heavy atom. The van der Waals surface area contributed by atoms with E-state index in [0.717, 1.165) is 0 Å². The summed E-state index contributed by atoms with van der Waals surface area (Å²) in [4.78, 5) is 11.3. The number of carbonyl (C=O) groups is 1. The number of nitriles is 1. The summed E-state index contributed by atoms with van der Waals surface area (Å²) in [7, 11) is 0. The van der Waals surface area contributed by atoms with Gasteiger partial charge in [0, 0.05) is 12.4 Å². The van der Waals surface area contributed by atoms with Gasteiger partial charge in [-0.2, -0.15) is 10.4 Å². The van der Waals surface area contributed by atoms with Crippen LogP contribution < -0.4 is 0 Å². The maximum Gasteiger partial charge on any atom is 0.325 e. The van der Waals surface area contributed by atoms with E-state index in [2.05, 4.69) is 5.10 Å². The van der Waals surface area contributed by atoms with E-state index in [1.54, 1.807) is 28.4 Å². The Morgan fingerprint density at radius 2 is 2.44 bits per heavy atom. The number of nitrogens with zero attached hydrogens (tertiary/aromatic N) is 4. The maximum atomic E-state index is 11.3. The van der Waals surface area contributed by atoms with Gasteiger partial charge >= 0.3 is 5.97 Å². The lowest BCUT2D eigenvalue weighted by molar-refractivity contribution is -0.143. The second-order valence-corrected chi connectivity index (χ2v) is 3.17. The highest BCUT2D eigenvalue weighted by atomic mass is 16.5. The Bertz CT molecular complexity index is 561. The average Bonchev–Trinajstić information content (AvgIpc) is 2.81. The Balaban J connectivity index is 2.34. The molecular formula is C10H10N4O2. The first-order valence-electron chi connectivity index (χ1n) is 4.84. The molecule has 0 saturated carbocycles. The molecule has 0 fully saturated rings. The summed E-state index contributed by atoms with van der Waals surface area (Å²) < 4.78 is 8.04. The summed E-state index contributed by atoms with van der Waals surface area (Å²) in [6, 6.07) is 2.03. The molecule has 0 aliphatic heterocycles. The molecule has 0 aromatic carbocycles. The molecule has 0 amide bonds. The molecule has 0 N–H and O–H groups in total. The van der Waals surface area contributed by atoms with E-state index in [9.17, 15) is 4.79 Å². The van der Waals surface area contributed by atoms with E-state index >= 15 is 0 Å². The average molecular weight is 218 g/mol. The standard InChI is InChI=1S/C10H10N4O2/c1-2-16-9(15)7-13-3-4-14-10(13)8(5-11)6-12-14/h3-4,6H,2,7H2,1H3. The second kappa shape index (κ2) is 4.06. The third kappa shape index (κ3) is 1.63. The number of carbonyl (C=O) groups excluding carboxylic acids is 1. The number of rotatable bonds is 3. The normalized spacial score (nSPS) is 10.2. The predicted octanol–water partition coefficient (Wildman–Crippen LogP) is 0.571. The summed E-state index contributed by atoms with van der Waals surface area (Å²) in [5.74, 6) is -0.328. The zero-order valence-electron chi connectivity index (χ0n) is 8.75. The van der Waals surface area contributed by atoms with Crippen LogP contribution in [-0.4, -0.2) is 26.8 Å². The molecule has 2 aromatic rings. The van der Waals surface area contributed by atoms with E-state index < -0.39 is 0 Å². The maximum absolute atomic E-state index is 11.3. The van der Waals surface area contributed by atoms with E-state index in [4.69, 9.17) is 10.00 Å². The monoisotopic (exact) mass is 218 g/mol. The van der Waals surface area contributed by atoms with Gasteiger partial charge in [0.15, 0.2) is 5.65 Å². The number of hydrogen-bond donors (Lipinski definition) is 0. The Labute approximate surface area is 91.6 Å². The van der Waals surface area contributed by atoms with Gasteiger partial charge in [-0.3, -0.25) is 4.79 Å². The molecule has 0 aliphatic rings. The molecule has 0 unspecified atom stereocenters. The quantitative estimate of drug-likeness (QED) is 0.706. The first-order valence-corrected chi connectivity index (χ1v) is 4.84. The molecule has 16 heavy (non-hydrogen) atoms. The van der Waals surface area contributed by atoms with Gasteiger partial charge in [-0.05, 0) is 6.92 Å². The van der Waals surface area contributed by atoms with Crippen LogP contribution in [0.4, 0.5) is 0 Å². The van der Waals surface area contributed by atoms with Gasteiger partial charge in [0.2, 0.25) is 0 Å². The highest BCUT2D eigenvalue weighted by Crippen LogP contribution is 2.10. The van der Waals surface area contributed by atoms with Crippen LogP contribution in [0, 0.1) is 11.3 Å². The largest absolute Gasteiger partial charge is 0.465 e. The summed E-state index contributed by atoms with van der Waals surface area (Å²) in [6.45, 7) is 2.19. The van der Waals surface area contributed by atoms with Crippen LogP contribution in [0.1, 0.15) is 12.5 Å². The van der Waals surface area contributed by atoms with Gasteiger partial charge in [0.1, 0.15) is 18.2 Å². The van der Waals surface area contributed by atoms with E-state index in [1.807, 2.05) is 6.07 Å². The fourth-order valence-corrected chi connectivity index (χ4v) is 1.52. The highest BCUT2D eigenvalue weighted by Gasteiger charge is 2.11. The van der Waals surface area contributed by atoms with Crippen molar-refractivity contribution in [3.63, 3.8) is 0 Å². The van der Waals surface area contributed by atoms with Gasteiger partial charge in [0.25, 0.3) is 0 Å². The van der Waals surface area contributed by atoms with E-state index in [0.29, 0.717) is 17.8 Å². The third-order valence-corrected chi connectivity index (χ3v) is 2.15. The summed E-state index contributed by atoms with van der Waals surface area (Å²) in [6.07, 6.45) is 4.85. The smallest absolute Gasteiger partial charge is 0.325 e. The number of fused-ring (bicyclic) bond motifs is 1. The van der Waals surface area contributed by atoms with E-state index in [-0.39, 0.29) is 12.5 Å². The van der Waals surface area contributed by atoms with Crippen molar-refractivity contribution in [2.24, 2.45) is 0 Å². The molecule has 6 nitrogen and oxygen atoms in total. The Morgan fingerprint density at radius 1 is 1.62 bits per heavy atom. The Kier molecular flexibility index (Phi) is 2.60. The highest BCUT2D eigenvalue weighted by molar-refractivity contribution is 5.70. The molecule has 0 saturated heterocycles. The summed E-state index contributed by atoms with van der Waals surface area (Å²) in [5.41, 5.74) is 1.05. The molecule has 2 rings (SSSR count). The molecule has 0 spiro atoms. The number of ether oxygens (including phenoxy) is 1. The van der Waals surface area contributed by atoms with Crippen LogP contribution in [0.25, 0.3) is 5.65 Å². The van der Waals surface area contributed by atoms with Crippen LogP contribution in [0.2, 0.25) is 0 Å². The number of imidazole rings is 1. The molecule has 0 atom stereocenters. The van der Waals surface area contributed by atoms with Crippen molar-refractivity contribution < 1.29 is 9.53 Å². The fraction of sp³-hybridized carbons (Fsp3) is 0.300. The van der Waals surface area contributed by atoms with Crippen LogP contribution in [0.3, 0.4) is 0 Å². The van der Waals surface area contributed by atoms with Crippen molar-refractivity contribution in [1.82, 2.24) is 14.2 Å². The minimum atomic E-state index is -0.328. The lowest BCUT2D eigenvalue weighted by Gasteiger charge is -2.03. The van der Waals surface area contributed by atoms with E-state index in [1.165, 1.54) is 6.20 Å². The van der Waals surface area contributed by atoms with Gasteiger partial charge in [0.05, 0.1) is 12.8 Å². The third-order valence-electron chi connectivity index (χ3n) is 2.15. The minimum Gasteiger partial charge on any atom is -0.465 e. The first-order chi connectivity index (χ1) is 7.76. The first kappa shape index (κ1) is 10.2. The summed E-state index contributed by atoms with van der Waals surface area (Å²) >= 11 is 0. The van der Waals surface area contributed by atoms with Gasteiger partial charge in [-0.15, -0.1) is 0 Å². The van der Waals surface area contributed by atoms with Gasteiger partial charge < -0.3 is 9.30 Å². The van der Waals surface area contributed by atoms with Crippen LogP contribution in [0.5, 0.6) is 0 Å². The molecule has 2 heterocycles. The molecular weight excluding hydrogens is 208 g/mol. The lowest BCUT2D eigenvalue weighted by atomic mass is 10.4. The Hall–Kier alpha value is -2.29. The SMILES string of the molecule is CCOC(=O)Cn1ccn2ncc(C#N)c12. The fourth-order valence-electron chi connectivity index (χ4n) is 1.52. The van der Waals surface area contributed by atoms with Crippen molar-refractivity contribution in [3.8, 4) is 6.07 Å². The zero-order chi connectivity index (χ0) is 11.5. The van der Waals surface area contributed by atoms with Crippen molar-refractivity contribution in [3.05, 3.63) is 24.2 Å². The second-order valence-electron chi connectivity index (χ2n) is 3.17. The zero-order valence-corrected chi connectivity index (χ0v) is 8.75. The lowest BCUT2D eigenvalue weighted by Crippen LogP contribution is -2.12.